The van der Waals surface area contributed by atoms with Gasteiger partial charge in [0.1, 0.15) is 5.75 Å². The minimum absolute atomic E-state index is 0.719. The Kier molecular flexibility index (Phi) is 6.90. The van der Waals surface area contributed by atoms with E-state index in [2.05, 4.69) is 108 Å². The molecule has 4 aromatic rings. The molecule has 1 heterocycles. The van der Waals surface area contributed by atoms with Crippen LogP contribution in [0.4, 0.5) is 0 Å². The van der Waals surface area contributed by atoms with Crippen molar-refractivity contribution in [1.82, 2.24) is 0 Å². The Morgan fingerprint density at radius 3 is 1.80 bits per heavy atom. The van der Waals surface area contributed by atoms with E-state index >= 15 is 0 Å². The second-order valence-corrected chi connectivity index (χ2v) is 7.52. The summed E-state index contributed by atoms with van der Waals surface area (Å²) in [6.45, 7) is 1.67. The van der Waals surface area contributed by atoms with Gasteiger partial charge in [0.2, 0.25) is 0 Å². The predicted molar refractivity (Wildman–Crippen MR) is 122 cm³/mol. The smallest absolute Gasteiger partial charge is 0.169 e. The van der Waals surface area contributed by atoms with E-state index in [-0.39, 0.29) is 0 Å². The first kappa shape index (κ1) is 19.9. The molecule has 3 aromatic carbocycles. The minimum Gasteiger partial charge on any atom is -0.493 e. The third-order valence-corrected chi connectivity index (χ3v) is 5.30. The highest BCUT2D eigenvalue weighted by molar-refractivity contribution is 5.61. The van der Waals surface area contributed by atoms with Crippen molar-refractivity contribution in [1.29, 1.82) is 0 Å². The van der Waals surface area contributed by atoms with E-state index < -0.39 is 0 Å². The van der Waals surface area contributed by atoms with Crippen LogP contribution in [0.5, 0.6) is 5.75 Å². The van der Waals surface area contributed by atoms with Crippen LogP contribution in [-0.2, 0) is 19.4 Å². The highest BCUT2D eigenvalue weighted by Gasteiger charge is 2.03. The van der Waals surface area contributed by atoms with Gasteiger partial charge in [-0.1, -0.05) is 72.8 Å². The van der Waals surface area contributed by atoms with Gasteiger partial charge < -0.3 is 4.74 Å². The van der Waals surface area contributed by atoms with Crippen LogP contribution in [-0.4, -0.2) is 6.61 Å². The van der Waals surface area contributed by atoms with Crippen molar-refractivity contribution < 1.29 is 9.30 Å². The van der Waals surface area contributed by atoms with Crippen molar-refractivity contribution in [2.24, 2.45) is 0 Å². The summed E-state index contributed by atoms with van der Waals surface area (Å²) in [7, 11) is 0. The normalized spacial score (nSPS) is 10.7. The van der Waals surface area contributed by atoms with E-state index in [0.29, 0.717) is 0 Å². The number of hydrogen-bond acceptors (Lipinski definition) is 1. The quantitative estimate of drug-likeness (QED) is 0.255. The number of pyridine rings is 1. The summed E-state index contributed by atoms with van der Waals surface area (Å²) in [5, 5.41) is 0. The third kappa shape index (κ3) is 5.81. The fourth-order valence-electron chi connectivity index (χ4n) is 3.55. The molecule has 0 saturated heterocycles. The highest BCUT2D eigenvalue weighted by Crippen LogP contribution is 2.17. The van der Waals surface area contributed by atoms with Crippen molar-refractivity contribution in [3.63, 3.8) is 0 Å². The SMILES string of the molecule is c1ccc(CCc2ccc(OCCC[n+]3ccc(-c4ccccc4)cc3)cc2)cc1. The Bertz CT molecular complexity index is 1010. The molecule has 30 heavy (non-hydrogen) atoms. The standard InChI is InChI=1S/C28H28NO/c1-3-8-24(9-4-1)12-13-25-14-16-28(17-15-25)30-23-7-20-29-21-18-27(19-22-29)26-10-5-2-6-11-26/h1-6,8-11,14-19,21-22H,7,12-13,20,23H2/q+1. The average molecular weight is 395 g/mol. The van der Waals surface area contributed by atoms with E-state index in [4.69, 9.17) is 4.74 Å². The van der Waals surface area contributed by atoms with E-state index in [1.165, 1.54) is 22.3 Å². The van der Waals surface area contributed by atoms with Crippen LogP contribution in [0.1, 0.15) is 17.5 Å². The largest absolute Gasteiger partial charge is 0.493 e. The van der Waals surface area contributed by atoms with Crippen LogP contribution in [0.2, 0.25) is 0 Å². The van der Waals surface area contributed by atoms with Crippen LogP contribution in [0.15, 0.2) is 109 Å². The topological polar surface area (TPSA) is 13.1 Å². The van der Waals surface area contributed by atoms with Gasteiger partial charge in [-0.05, 0) is 47.2 Å². The number of benzene rings is 3. The Morgan fingerprint density at radius 2 is 1.13 bits per heavy atom. The van der Waals surface area contributed by atoms with E-state index in [9.17, 15) is 0 Å². The van der Waals surface area contributed by atoms with Crippen LogP contribution < -0.4 is 9.30 Å². The lowest BCUT2D eigenvalue weighted by Crippen LogP contribution is -2.33. The van der Waals surface area contributed by atoms with Gasteiger partial charge in [-0.15, -0.1) is 0 Å². The maximum atomic E-state index is 5.93. The van der Waals surface area contributed by atoms with Crippen molar-refractivity contribution in [2.75, 3.05) is 6.61 Å². The Morgan fingerprint density at radius 1 is 0.567 bits per heavy atom. The number of rotatable bonds is 9. The first-order valence-corrected chi connectivity index (χ1v) is 10.7. The molecule has 0 saturated carbocycles. The molecule has 2 nitrogen and oxygen atoms in total. The maximum absolute atomic E-state index is 5.93. The lowest BCUT2D eigenvalue weighted by molar-refractivity contribution is -0.697. The Balaban J connectivity index is 1.19. The van der Waals surface area contributed by atoms with Crippen molar-refractivity contribution in [3.05, 3.63) is 121 Å². The van der Waals surface area contributed by atoms with Gasteiger partial charge in [-0.2, -0.15) is 0 Å². The molecule has 0 amide bonds. The number of hydrogen-bond donors (Lipinski definition) is 0. The average Bonchev–Trinajstić information content (AvgIpc) is 2.83. The summed E-state index contributed by atoms with van der Waals surface area (Å²) in [6.07, 6.45) is 7.39. The molecule has 1 aromatic heterocycles. The fourth-order valence-corrected chi connectivity index (χ4v) is 3.55. The first-order valence-electron chi connectivity index (χ1n) is 10.7. The number of aryl methyl sites for hydroxylation is 3. The van der Waals surface area contributed by atoms with Gasteiger partial charge in [0.25, 0.3) is 0 Å². The molecule has 2 heteroatoms. The number of ether oxygens (including phenoxy) is 1. The van der Waals surface area contributed by atoms with Gasteiger partial charge in [0, 0.05) is 18.6 Å². The van der Waals surface area contributed by atoms with Gasteiger partial charge in [-0.3, -0.25) is 0 Å². The second kappa shape index (κ2) is 10.4. The summed E-state index contributed by atoms with van der Waals surface area (Å²) >= 11 is 0. The summed E-state index contributed by atoms with van der Waals surface area (Å²) < 4.78 is 8.14. The van der Waals surface area contributed by atoms with Crippen molar-refractivity contribution >= 4 is 0 Å². The molecule has 0 aliphatic heterocycles. The highest BCUT2D eigenvalue weighted by atomic mass is 16.5. The molecule has 0 atom stereocenters. The van der Waals surface area contributed by atoms with E-state index in [0.717, 1.165) is 38.2 Å². The zero-order chi connectivity index (χ0) is 20.4. The Labute approximate surface area is 179 Å². The van der Waals surface area contributed by atoms with E-state index in [1.807, 2.05) is 6.07 Å². The number of nitrogens with zero attached hydrogens (tertiary/aromatic N) is 1. The summed E-state index contributed by atoms with van der Waals surface area (Å²) in [6, 6.07) is 34.0. The van der Waals surface area contributed by atoms with Crippen LogP contribution in [0.25, 0.3) is 11.1 Å². The van der Waals surface area contributed by atoms with Crippen LogP contribution in [0.3, 0.4) is 0 Å². The zero-order valence-corrected chi connectivity index (χ0v) is 17.3. The molecule has 0 N–H and O–H groups in total. The monoisotopic (exact) mass is 394 g/mol. The second-order valence-electron chi connectivity index (χ2n) is 7.52. The first-order chi connectivity index (χ1) is 14.9. The van der Waals surface area contributed by atoms with Gasteiger partial charge >= 0.3 is 0 Å². The minimum atomic E-state index is 0.719. The lowest BCUT2D eigenvalue weighted by Gasteiger charge is -2.07. The van der Waals surface area contributed by atoms with E-state index in [1.54, 1.807) is 0 Å². The predicted octanol–water partition coefficient (Wildman–Crippen LogP) is 5.90. The molecular weight excluding hydrogens is 366 g/mol. The Hall–Kier alpha value is -3.39. The fraction of sp³-hybridized carbons (Fsp3) is 0.179. The number of aromatic nitrogens is 1. The molecule has 0 unspecified atom stereocenters. The lowest BCUT2D eigenvalue weighted by atomic mass is 10.0. The van der Waals surface area contributed by atoms with Gasteiger partial charge in [-0.25, -0.2) is 4.57 Å². The molecule has 0 bridgehead atoms. The molecule has 150 valence electrons. The van der Waals surface area contributed by atoms with Gasteiger partial charge in [0.05, 0.1) is 6.61 Å². The molecule has 0 aliphatic rings. The molecule has 0 spiro atoms. The molecular formula is C28H28NO+. The maximum Gasteiger partial charge on any atom is 0.169 e. The summed E-state index contributed by atoms with van der Waals surface area (Å²) in [4.78, 5) is 0. The molecule has 0 fully saturated rings. The third-order valence-electron chi connectivity index (χ3n) is 5.30. The van der Waals surface area contributed by atoms with Crippen molar-refractivity contribution in [2.45, 2.75) is 25.8 Å². The zero-order valence-electron chi connectivity index (χ0n) is 17.3. The van der Waals surface area contributed by atoms with Crippen LogP contribution >= 0.6 is 0 Å². The summed E-state index contributed by atoms with van der Waals surface area (Å²) in [5.74, 6) is 0.947. The summed E-state index contributed by atoms with van der Waals surface area (Å²) in [5.41, 5.74) is 5.23. The van der Waals surface area contributed by atoms with Gasteiger partial charge in [0.15, 0.2) is 18.9 Å². The molecule has 4 rings (SSSR count). The van der Waals surface area contributed by atoms with Crippen molar-refractivity contribution in [3.8, 4) is 16.9 Å². The molecule has 0 aliphatic carbocycles. The van der Waals surface area contributed by atoms with Crippen LogP contribution in [0, 0.1) is 0 Å². The molecule has 0 radical (unpaired) electrons.